The second-order valence-electron chi connectivity index (χ2n) is 9.50. The first-order chi connectivity index (χ1) is 14.6. The van der Waals surface area contributed by atoms with Gasteiger partial charge in [0, 0.05) is 6.42 Å². The number of halogens is 1. The molecule has 0 amide bonds. The van der Waals surface area contributed by atoms with Gasteiger partial charge in [-0.1, -0.05) is 39.0 Å². The van der Waals surface area contributed by atoms with Crippen molar-refractivity contribution in [3.05, 3.63) is 53.8 Å². The molecule has 0 aliphatic heterocycles. The topological polar surface area (TPSA) is 66.8 Å². The van der Waals surface area contributed by atoms with E-state index >= 15 is 0 Å². The van der Waals surface area contributed by atoms with Crippen LogP contribution in [0.4, 0.5) is 4.39 Å². The molecule has 1 fully saturated rings. The van der Waals surface area contributed by atoms with Crippen LogP contribution in [0.1, 0.15) is 52.5 Å². The summed E-state index contributed by atoms with van der Waals surface area (Å²) in [6.07, 6.45) is 0.157. The van der Waals surface area contributed by atoms with Gasteiger partial charge in [0.15, 0.2) is 0 Å². The summed E-state index contributed by atoms with van der Waals surface area (Å²) >= 11 is 0. The minimum absolute atomic E-state index is 0.0474. The van der Waals surface area contributed by atoms with Gasteiger partial charge < -0.3 is 19.7 Å². The van der Waals surface area contributed by atoms with E-state index in [1.165, 1.54) is 12.1 Å². The van der Waals surface area contributed by atoms with E-state index in [9.17, 15) is 19.4 Å². The first-order valence-corrected chi connectivity index (χ1v) is 11.0. The third-order valence-corrected chi connectivity index (χ3v) is 6.68. The van der Waals surface area contributed by atoms with Gasteiger partial charge in [-0.25, -0.2) is 4.39 Å². The van der Waals surface area contributed by atoms with Gasteiger partial charge in [-0.3, -0.25) is 0 Å². The number of ketones is 1. The van der Waals surface area contributed by atoms with E-state index in [1.807, 2.05) is 31.2 Å². The average Bonchev–Trinajstić information content (AvgIpc) is 2.71. The minimum Gasteiger partial charge on any atom is -0.488 e. The summed E-state index contributed by atoms with van der Waals surface area (Å²) in [6, 6.07) is 12.1. The molecule has 31 heavy (non-hydrogen) atoms. The fraction of sp³-hybridized carbons (Fsp3) is 0.500. The Balaban J connectivity index is 1.89. The molecule has 2 aromatic carbocycles. The zero-order chi connectivity index (χ0) is 22.8. The van der Waals surface area contributed by atoms with Crippen molar-refractivity contribution in [2.45, 2.75) is 71.7 Å². The van der Waals surface area contributed by atoms with Gasteiger partial charge in [0.2, 0.25) is 0 Å². The predicted molar refractivity (Wildman–Crippen MR) is 119 cm³/mol. The van der Waals surface area contributed by atoms with E-state index in [-0.39, 0.29) is 22.9 Å². The molecule has 0 aromatic heterocycles. The summed E-state index contributed by atoms with van der Waals surface area (Å²) in [7, 11) is 0. The van der Waals surface area contributed by atoms with Gasteiger partial charge >= 0.3 is 0 Å². The van der Waals surface area contributed by atoms with E-state index in [0.29, 0.717) is 25.0 Å². The molecule has 0 bridgehead atoms. The number of aryl methyl sites for hydroxylation is 1. The molecule has 0 radical (unpaired) electrons. The first-order valence-electron chi connectivity index (χ1n) is 11.0. The normalized spacial score (nSPS) is 25.3. The summed E-state index contributed by atoms with van der Waals surface area (Å²) in [5.41, 5.74) is 2.42. The fourth-order valence-electron chi connectivity index (χ4n) is 4.39. The Morgan fingerprint density at radius 2 is 1.90 bits per heavy atom. The Kier molecular flexibility index (Phi) is 7.17. The Morgan fingerprint density at radius 1 is 1.16 bits per heavy atom. The number of ether oxygens (including phenoxy) is 1. The van der Waals surface area contributed by atoms with Crippen molar-refractivity contribution in [1.29, 1.82) is 0 Å². The highest BCUT2D eigenvalue weighted by atomic mass is 19.1. The Hall–Kier alpha value is -2.24. The molecule has 0 saturated heterocycles. The lowest BCUT2D eigenvalue weighted by atomic mass is 9.66. The van der Waals surface area contributed by atoms with Crippen molar-refractivity contribution in [2.75, 3.05) is 0 Å². The molecular weight excluding hydrogens is 395 g/mol. The number of benzene rings is 2. The average molecular weight is 429 g/mol. The largest absolute Gasteiger partial charge is 0.488 e. The molecule has 5 heteroatoms. The van der Waals surface area contributed by atoms with Gasteiger partial charge in [-0.2, -0.15) is 0 Å². The summed E-state index contributed by atoms with van der Waals surface area (Å²) in [4.78, 5) is 11.3. The van der Waals surface area contributed by atoms with Crippen molar-refractivity contribution in [3.63, 3.8) is 0 Å². The number of aliphatic hydroxyl groups is 2. The number of hydrogen-bond acceptors (Lipinski definition) is 4. The van der Waals surface area contributed by atoms with Crippen LogP contribution in [0.3, 0.4) is 0 Å². The molecule has 1 aliphatic rings. The molecule has 4 nitrogen and oxygen atoms in total. The van der Waals surface area contributed by atoms with Crippen LogP contribution in [-0.2, 0) is 11.2 Å². The molecule has 0 unspecified atom stereocenters. The van der Waals surface area contributed by atoms with E-state index in [0.717, 1.165) is 23.1 Å². The number of carbonyl (C=O) groups is 1. The second kappa shape index (κ2) is 9.49. The molecule has 168 valence electrons. The van der Waals surface area contributed by atoms with E-state index in [4.69, 9.17) is 4.74 Å². The summed E-state index contributed by atoms with van der Waals surface area (Å²) < 4.78 is 20.0. The van der Waals surface area contributed by atoms with Crippen molar-refractivity contribution >= 4 is 5.78 Å². The minimum atomic E-state index is -0.976. The predicted octanol–water partition coefficient (Wildman–Crippen LogP) is 4.94. The van der Waals surface area contributed by atoms with Crippen LogP contribution in [0.5, 0.6) is 5.75 Å². The maximum absolute atomic E-state index is 13.9. The quantitative estimate of drug-likeness (QED) is 0.656. The van der Waals surface area contributed by atoms with Gasteiger partial charge in [0.25, 0.3) is 0 Å². The third kappa shape index (κ3) is 5.52. The van der Waals surface area contributed by atoms with Gasteiger partial charge in [0.1, 0.15) is 29.6 Å². The molecule has 0 spiro atoms. The third-order valence-electron chi connectivity index (χ3n) is 6.68. The van der Waals surface area contributed by atoms with Crippen molar-refractivity contribution in [3.8, 4) is 16.9 Å². The molecule has 1 saturated carbocycles. The van der Waals surface area contributed by atoms with Gasteiger partial charge in [-0.15, -0.1) is 0 Å². The zero-order valence-electron chi connectivity index (χ0n) is 18.8. The Bertz CT molecular complexity index is 923. The molecular formula is C26H33FO4. The van der Waals surface area contributed by atoms with Gasteiger partial charge in [0.05, 0.1) is 6.10 Å². The lowest BCUT2D eigenvalue weighted by molar-refractivity contribution is -0.138. The number of hydrogen-bond donors (Lipinski definition) is 2. The maximum atomic E-state index is 13.9. The molecule has 4 atom stereocenters. The summed E-state index contributed by atoms with van der Waals surface area (Å²) in [5.74, 6) is 0.346. The highest BCUT2D eigenvalue weighted by molar-refractivity contribution is 5.75. The first kappa shape index (κ1) is 23.4. The van der Waals surface area contributed by atoms with Crippen LogP contribution in [0, 0.1) is 17.2 Å². The summed E-state index contributed by atoms with van der Waals surface area (Å²) in [5, 5.41) is 21.1. The van der Waals surface area contributed by atoms with Crippen LogP contribution < -0.4 is 4.74 Å². The lowest BCUT2D eigenvalue weighted by Gasteiger charge is -2.46. The van der Waals surface area contributed by atoms with E-state index < -0.39 is 18.3 Å². The zero-order valence-corrected chi connectivity index (χ0v) is 18.8. The molecule has 1 aliphatic carbocycles. The summed E-state index contributed by atoms with van der Waals surface area (Å²) in [6.45, 7) is 7.66. The SMILES string of the molecule is CC(=O)CCCc1ccc(O[C@@H]2CC(C)(C)[C@H](C)[C@@H](O)[C@H]2O)cc1-c1cccc(F)c1. The number of aliphatic hydroxyl groups excluding tert-OH is 2. The van der Waals surface area contributed by atoms with Crippen LogP contribution >= 0.6 is 0 Å². The lowest BCUT2D eigenvalue weighted by Crippen LogP contribution is -2.54. The molecule has 2 N–H and O–H groups in total. The number of rotatable bonds is 7. The molecule has 3 rings (SSSR count). The van der Waals surface area contributed by atoms with Crippen LogP contribution in [0.25, 0.3) is 11.1 Å². The molecule has 2 aromatic rings. The highest BCUT2D eigenvalue weighted by Gasteiger charge is 2.46. The Labute approximate surface area is 184 Å². The second-order valence-corrected chi connectivity index (χ2v) is 9.50. The van der Waals surface area contributed by atoms with Crippen molar-refractivity contribution in [2.24, 2.45) is 11.3 Å². The molecule has 0 heterocycles. The Morgan fingerprint density at radius 3 is 2.58 bits per heavy atom. The van der Waals surface area contributed by atoms with Crippen molar-refractivity contribution < 1.29 is 24.1 Å². The number of Topliss-reactive ketones (excluding diaryl/α,β-unsaturated/α-hetero) is 1. The van der Waals surface area contributed by atoms with Gasteiger partial charge in [-0.05, 0) is 78.5 Å². The highest BCUT2D eigenvalue weighted by Crippen LogP contribution is 2.42. The fourth-order valence-corrected chi connectivity index (χ4v) is 4.39. The van der Waals surface area contributed by atoms with Crippen LogP contribution in [-0.4, -0.2) is 34.3 Å². The number of carbonyl (C=O) groups excluding carboxylic acids is 1. The van der Waals surface area contributed by atoms with E-state index in [2.05, 4.69) is 13.8 Å². The maximum Gasteiger partial charge on any atom is 0.129 e. The van der Waals surface area contributed by atoms with Crippen LogP contribution in [0.15, 0.2) is 42.5 Å². The standard InChI is InChI=1S/C26H33FO4/c1-16(28)7-5-8-18-11-12-21(14-22(18)19-9-6-10-20(27)13-19)31-23-15-26(3,4)17(2)24(29)25(23)30/h6,9-14,17,23-25,29-30H,5,7-8,15H2,1-4H3/t17-,23-,24-,25+/m1/s1. The van der Waals surface area contributed by atoms with E-state index in [1.54, 1.807) is 13.0 Å². The van der Waals surface area contributed by atoms with Crippen molar-refractivity contribution in [1.82, 2.24) is 0 Å². The smallest absolute Gasteiger partial charge is 0.129 e. The van der Waals surface area contributed by atoms with Crippen LogP contribution in [0.2, 0.25) is 0 Å². The monoisotopic (exact) mass is 428 g/mol.